The maximum Gasteiger partial charge on any atom is 0.302 e. The van der Waals surface area contributed by atoms with Crippen molar-refractivity contribution in [3.8, 4) is 0 Å². The standard InChI is InChI=1S/C44H74O16/c1-20(46)55-19-25-31(50)33(52)35(59-37-34(53)32(51)30(49)24(18-45)57-37)38(58-25)56-23-17-43(8)26(41(6)13-11-27(48)39(2,3)36(23)41)16-22(47)29-21(10-14-42(29,43)7)44(9)15-12-28(60-44)40(4,5)54/h21-38,45,47-54H,10-19H2,1-9H3/t21?,22-,23+,24-,25-,26-,27+,28+,29+,30-,31-,32+,33+,34-,35-,36+,37+,38-,41-,42-,43-,44+/m1/s1. The molecular formula is C44H74O16. The van der Waals surface area contributed by atoms with Crippen molar-refractivity contribution < 1.29 is 79.2 Å². The van der Waals surface area contributed by atoms with Crippen molar-refractivity contribution in [1.82, 2.24) is 0 Å². The van der Waals surface area contributed by atoms with E-state index in [2.05, 4.69) is 27.7 Å². The van der Waals surface area contributed by atoms with Crippen molar-refractivity contribution in [2.24, 2.45) is 45.3 Å². The second kappa shape index (κ2) is 16.1. The second-order valence-electron chi connectivity index (χ2n) is 21.8. The second-order valence-corrected chi connectivity index (χ2v) is 21.8. The highest BCUT2D eigenvalue weighted by molar-refractivity contribution is 5.65. The fourth-order valence-electron chi connectivity index (χ4n) is 14.3. The Morgan fingerprint density at radius 1 is 0.767 bits per heavy atom. The minimum atomic E-state index is -1.83. The van der Waals surface area contributed by atoms with Crippen molar-refractivity contribution >= 4 is 5.97 Å². The summed E-state index contributed by atoms with van der Waals surface area (Å²) < 4.78 is 37.3. The first-order chi connectivity index (χ1) is 27.7. The molecule has 7 rings (SSSR count). The van der Waals surface area contributed by atoms with E-state index in [0.29, 0.717) is 25.7 Å². The SMILES string of the molecule is CC(=O)OC[C@H]1O[C@@H](O[C@H]2C[C@]3(C)[C@H](C[C@@H](O)[C@@H]4C([C@]5(C)CC[C@@H](C(C)(C)O)O5)CC[C@]43C)[C@@]3(C)CC[C@H](O)C(C)(C)[C@H]23)[C@H](O[C@@H]2O[C@H](CO)[C@@H](O)[C@H](O)[C@H]2O)[C@@H](O)[C@@H]1O. The molecule has 0 bridgehead atoms. The summed E-state index contributed by atoms with van der Waals surface area (Å²) in [7, 11) is 0. The summed E-state index contributed by atoms with van der Waals surface area (Å²) in [4.78, 5) is 11.9. The van der Waals surface area contributed by atoms with E-state index in [1.807, 2.05) is 13.8 Å². The third kappa shape index (κ3) is 7.41. The predicted molar refractivity (Wildman–Crippen MR) is 211 cm³/mol. The summed E-state index contributed by atoms with van der Waals surface area (Å²) in [6.07, 6.45) is -13.1. The number of carbonyl (C=O) groups is 1. The molecule has 3 saturated heterocycles. The zero-order valence-corrected chi connectivity index (χ0v) is 36.8. The Kier molecular flexibility index (Phi) is 12.6. The number of aliphatic hydroxyl groups is 9. The summed E-state index contributed by atoms with van der Waals surface area (Å²) >= 11 is 0. The van der Waals surface area contributed by atoms with Gasteiger partial charge < -0.3 is 74.4 Å². The smallest absolute Gasteiger partial charge is 0.302 e. The molecule has 7 aliphatic rings. The highest BCUT2D eigenvalue weighted by Gasteiger charge is 2.74. The van der Waals surface area contributed by atoms with Crippen molar-refractivity contribution in [2.75, 3.05) is 13.2 Å². The molecule has 7 fully saturated rings. The van der Waals surface area contributed by atoms with E-state index in [-0.39, 0.29) is 29.8 Å². The van der Waals surface area contributed by atoms with Crippen LogP contribution >= 0.6 is 0 Å². The molecule has 0 spiro atoms. The van der Waals surface area contributed by atoms with Gasteiger partial charge in [-0.15, -0.1) is 0 Å². The largest absolute Gasteiger partial charge is 0.463 e. The van der Waals surface area contributed by atoms with Crippen LogP contribution in [-0.2, 0) is 33.2 Å². The Hall–Kier alpha value is -1.09. The van der Waals surface area contributed by atoms with E-state index in [9.17, 15) is 50.8 Å². The van der Waals surface area contributed by atoms with Crippen LogP contribution in [-0.4, -0.2) is 162 Å². The molecule has 0 aromatic carbocycles. The van der Waals surface area contributed by atoms with Gasteiger partial charge in [-0.05, 0) is 117 Å². The Morgan fingerprint density at radius 3 is 2.03 bits per heavy atom. The molecule has 16 heteroatoms. The van der Waals surface area contributed by atoms with Crippen molar-refractivity contribution in [1.29, 1.82) is 0 Å². The first-order valence-corrected chi connectivity index (χ1v) is 22.3. The topological polar surface area (TPSA) is 255 Å². The molecule has 0 amide bonds. The predicted octanol–water partition coefficient (Wildman–Crippen LogP) is 0.902. The summed E-state index contributed by atoms with van der Waals surface area (Å²) in [6, 6.07) is 0. The van der Waals surface area contributed by atoms with Crippen molar-refractivity contribution in [2.45, 2.75) is 211 Å². The molecule has 16 nitrogen and oxygen atoms in total. The van der Waals surface area contributed by atoms with E-state index in [4.69, 9.17) is 28.4 Å². The number of rotatable bonds is 9. The Morgan fingerprint density at radius 2 is 1.42 bits per heavy atom. The van der Waals surface area contributed by atoms with Gasteiger partial charge in [0.2, 0.25) is 0 Å². The Labute approximate surface area is 353 Å². The van der Waals surface area contributed by atoms with Gasteiger partial charge in [0, 0.05) is 6.92 Å². The molecule has 60 heavy (non-hydrogen) atoms. The van der Waals surface area contributed by atoms with Gasteiger partial charge in [-0.25, -0.2) is 0 Å². The van der Waals surface area contributed by atoms with Crippen LogP contribution < -0.4 is 0 Å². The highest BCUT2D eigenvalue weighted by atomic mass is 16.8. The first kappa shape index (κ1) is 46.9. The monoisotopic (exact) mass is 858 g/mol. The fraction of sp³-hybridized carbons (Fsp3) is 0.977. The van der Waals surface area contributed by atoms with E-state index < -0.39 is 132 Å². The van der Waals surface area contributed by atoms with Crippen LogP contribution in [0.25, 0.3) is 0 Å². The number of fused-ring (bicyclic) bond motifs is 5. The van der Waals surface area contributed by atoms with Crippen LogP contribution in [0.1, 0.15) is 114 Å². The van der Waals surface area contributed by atoms with E-state index in [1.165, 1.54) is 6.92 Å². The fourth-order valence-corrected chi connectivity index (χ4v) is 14.3. The summed E-state index contributed by atoms with van der Waals surface area (Å²) in [5.74, 6) is -1.07. The summed E-state index contributed by atoms with van der Waals surface area (Å²) in [5, 5.41) is 100. The average molecular weight is 859 g/mol. The Bertz CT molecular complexity index is 1560. The van der Waals surface area contributed by atoms with Crippen LogP contribution in [0.5, 0.6) is 0 Å². The van der Waals surface area contributed by atoms with E-state index in [1.54, 1.807) is 13.8 Å². The number of hydrogen-bond acceptors (Lipinski definition) is 16. The van der Waals surface area contributed by atoms with Gasteiger partial charge >= 0.3 is 5.97 Å². The van der Waals surface area contributed by atoms with Gasteiger partial charge in [0.25, 0.3) is 0 Å². The number of aliphatic hydroxyl groups excluding tert-OH is 8. The van der Waals surface area contributed by atoms with Crippen molar-refractivity contribution in [3.05, 3.63) is 0 Å². The average Bonchev–Trinajstić information content (AvgIpc) is 3.76. The van der Waals surface area contributed by atoms with Gasteiger partial charge in [0.15, 0.2) is 12.6 Å². The van der Waals surface area contributed by atoms with Crippen LogP contribution in [0.2, 0.25) is 0 Å². The van der Waals surface area contributed by atoms with Gasteiger partial charge in [0.1, 0.15) is 55.4 Å². The van der Waals surface area contributed by atoms with Crippen LogP contribution in [0.15, 0.2) is 0 Å². The molecule has 1 unspecified atom stereocenters. The lowest BCUT2D eigenvalue weighted by molar-refractivity contribution is -0.383. The lowest BCUT2D eigenvalue weighted by Crippen LogP contribution is -2.71. The molecule has 346 valence electrons. The number of hydrogen-bond donors (Lipinski definition) is 9. The molecule has 0 aromatic rings. The summed E-state index contributed by atoms with van der Waals surface area (Å²) in [6.45, 7) is 16.6. The molecule has 3 aliphatic heterocycles. The quantitative estimate of drug-likeness (QED) is 0.115. The third-order valence-corrected chi connectivity index (χ3v) is 17.7. The van der Waals surface area contributed by atoms with Gasteiger partial charge in [-0.3, -0.25) is 4.79 Å². The van der Waals surface area contributed by atoms with E-state index in [0.717, 1.165) is 25.7 Å². The van der Waals surface area contributed by atoms with Crippen LogP contribution in [0.4, 0.5) is 0 Å². The number of ether oxygens (including phenoxy) is 6. The van der Waals surface area contributed by atoms with Crippen LogP contribution in [0.3, 0.4) is 0 Å². The van der Waals surface area contributed by atoms with Gasteiger partial charge in [-0.2, -0.15) is 0 Å². The lowest BCUT2D eigenvalue weighted by atomic mass is 9.34. The van der Waals surface area contributed by atoms with E-state index >= 15 is 0 Å². The number of carbonyl (C=O) groups excluding carboxylic acids is 1. The maximum absolute atomic E-state index is 12.4. The third-order valence-electron chi connectivity index (χ3n) is 17.7. The minimum Gasteiger partial charge on any atom is -0.463 e. The number of esters is 1. The first-order valence-electron chi connectivity index (χ1n) is 22.3. The molecule has 4 aliphatic carbocycles. The molecule has 4 saturated carbocycles. The van der Waals surface area contributed by atoms with Gasteiger partial charge in [-0.1, -0.05) is 34.6 Å². The summed E-state index contributed by atoms with van der Waals surface area (Å²) in [5.41, 5.74) is -3.63. The lowest BCUT2D eigenvalue weighted by Gasteiger charge is -2.72. The van der Waals surface area contributed by atoms with Crippen LogP contribution in [0, 0.1) is 45.3 Å². The van der Waals surface area contributed by atoms with Crippen molar-refractivity contribution in [3.63, 3.8) is 0 Å². The highest BCUT2D eigenvalue weighted by Crippen LogP contribution is 2.76. The Balaban J connectivity index is 1.27. The maximum atomic E-state index is 12.4. The normalized spacial score (nSPS) is 54.2. The molecular weight excluding hydrogens is 784 g/mol. The molecule has 3 heterocycles. The van der Waals surface area contributed by atoms with Gasteiger partial charge in [0.05, 0.1) is 42.2 Å². The molecule has 0 aromatic heterocycles. The zero-order valence-electron chi connectivity index (χ0n) is 36.8. The zero-order chi connectivity index (χ0) is 44.3. The molecule has 9 N–H and O–H groups in total. The minimum absolute atomic E-state index is 0.00983. The molecule has 0 radical (unpaired) electrons. The molecule has 22 atom stereocenters.